The average Bonchev–Trinajstić information content (AvgIpc) is 2.28. The summed E-state index contributed by atoms with van der Waals surface area (Å²) in [5, 5.41) is 8.57. The van der Waals surface area contributed by atoms with E-state index < -0.39 is 5.97 Å². The molecule has 1 aromatic rings. The van der Waals surface area contributed by atoms with E-state index in [0.29, 0.717) is 11.4 Å². The number of carboxylic acids is 1. The van der Waals surface area contributed by atoms with Crippen molar-refractivity contribution in [2.75, 3.05) is 0 Å². The number of hydrogen-bond donors (Lipinski definition) is 1. The molecule has 18 heavy (non-hydrogen) atoms. The Morgan fingerprint density at radius 1 is 1.39 bits per heavy atom. The van der Waals surface area contributed by atoms with Gasteiger partial charge in [-0.05, 0) is 0 Å². The third kappa shape index (κ3) is 3.49. The Morgan fingerprint density at radius 2 is 2.00 bits per heavy atom. The maximum atomic E-state index is 11.7. The van der Waals surface area contributed by atoms with Crippen LogP contribution in [-0.4, -0.2) is 25.5 Å². The SMILES string of the molecule is CC(CC(=O)O)SCc1cc(=O)n(C)c(=O)n1C. The van der Waals surface area contributed by atoms with E-state index in [0.717, 1.165) is 4.57 Å². The first kappa shape index (κ1) is 14.6. The Hall–Kier alpha value is -1.50. The zero-order valence-corrected chi connectivity index (χ0v) is 11.4. The maximum absolute atomic E-state index is 11.7. The van der Waals surface area contributed by atoms with E-state index in [1.54, 1.807) is 14.0 Å². The van der Waals surface area contributed by atoms with Crippen LogP contribution < -0.4 is 11.2 Å². The predicted octanol–water partition coefficient (Wildman–Crippen LogP) is 0.180. The summed E-state index contributed by atoms with van der Waals surface area (Å²) in [5.41, 5.74) is -0.117. The topological polar surface area (TPSA) is 81.3 Å². The first-order valence-electron chi connectivity index (χ1n) is 5.42. The van der Waals surface area contributed by atoms with Gasteiger partial charge in [0.2, 0.25) is 0 Å². The van der Waals surface area contributed by atoms with Gasteiger partial charge in [-0.2, -0.15) is 11.8 Å². The first-order valence-corrected chi connectivity index (χ1v) is 6.47. The van der Waals surface area contributed by atoms with Crippen LogP contribution in [0, 0.1) is 0 Å². The highest BCUT2D eigenvalue weighted by atomic mass is 32.2. The van der Waals surface area contributed by atoms with Gasteiger partial charge >= 0.3 is 11.7 Å². The summed E-state index contributed by atoms with van der Waals surface area (Å²) in [6, 6.07) is 1.40. The molecule has 6 nitrogen and oxygen atoms in total. The molecule has 100 valence electrons. The van der Waals surface area contributed by atoms with Gasteiger partial charge in [0.15, 0.2) is 0 Å². The summed E-state index contributed by atoms with van der Waals surface area (Å²) in [6.45, 7) is 1.80. The molecule has 1 N–H and O–H groups in total. The van der Waals surface area contributed by atoms with Crippen molar-refractivity contribution in [1.29, 1.82) is 0 Å². The minimum absolute atomic E-state index is 0.0590. The van der Waals surface area contributed by atoms with Crippen LogP contribution in [0.15, 0.2) is 15.7 Å². The highest BCUT2D eigenvalue weighted by molar-refractivity contribution is 7.99. The molecule has 1 atom stereocenters. The van der Waals surface area contributed by atoms with Gasteiger partial charge in [0.1, 0.15) is 0 Å². The van der Waals surface area contributed by atoms with E-state index in [-0.39, 0.29) is 22.9 Å². The smallest absolute Gasteiger partial charge is 0.330 e. The van der Waals surface area contributed by atoms with Crippen molar-refractivity contribution in [3.8, 4) is 0 Å². The number of nitrogens with zero attached hydrogens (tertiary/aromatic N) is 2. The van der Waals surface area contributed by atoms with Crippen molar-refractivity contribution in [1.82, 2.24) is 9.13 Å². The second-order valence-corrected chi connectivity index (χ2v) is 5.52. The molecule has 0 aliphatic carbocycles. The number of aliphatic carboxylic acids is 1. The zero-order chi connectivity index (χ0) is 13.9. The number of carboxylic acid groups (broad SMARTS) is 1. The third-order valence-corrected chi connectivity index (χ3v) is 3.80. The van der Waals surface area contributed by atoms with Crippen molar-refractivity contribution < 1.29 is 9.90 Å². The van der Waals surface area contributed by atoms with Crippen molar-refractivity contribution in [3.63, 3.8) is 0 Å². The molecule has 0 fully saturated rings. The number of thioether (sulfide) groups is 1. The second kappa shape index (κ2) is 5.90. The quantitative estimate of drug-likeness (QED) is 0.827. The Labute approximate surface area is 108 Å². The van der Waals surface area contributed by atoms with Gasteiger partial charge in [0, 0.05) is 36.9 Å². The molecule has 0 aliphatic heterocycles. The van der Waals surface area contributed by atoms with Gasteiger partial charge in [0.25, 0.3) is 5.56 Å². The van der Waals surface area contributed by atoms with Gasteiger partial charge in [0.05, 0.1) is 6.42 Å². The van der Waals surface area contributed by atoms with Crippen LogP contribution in [0.3, 0.4) is 0 Å². The molecular weight excluding hydrogens is 256 g/mol. The maximum Gasteiger partial charge on any atom is 0.330 e. The zero-order valence-electron chi connectivity index (χ0n) is 10.5. The van der Waals surface area contributed by atoms with E-state index in [1.807, 2.05) is 0 Å². The number of carbonyl (C=O) groups is 1. The molecule has 1 rings (SSSR count). The summed E-state index contributed by atoms with van der Waals surface area (Å²) in [6.07, 6.45) is 0.0590. The summed E-state index contributed by atoms with van der Waals surface area (Å²) in [4.78, 5) is 33.7. The van der Waals surface area contributed by atoms with Crippen molar-refractivity contribution in [3.05, 3.63) is 32.6 Å². The summed E-state index contributed by atoms with van der Waals surface area (Å²) in [5.74, 6) is -0.413. The summed E-state index contributed by atoms with van der Waals surface area (Å²) < 4.78 is 2.44. The molecule has 0 spiro atoms. The highest BCUT2D eigenvalue weighted by Gasteiger charge is 2.11. The fourth-order valence-corrected chi connectivity index (χ4v) is 2.44. The monoisotopic (exact) mass is 272 g/mol. The van der Waals surface area contributed by atoms with Gasteiger partial charge in [-0.3, -0.25) is 18.7 Å². The molecule has 1 unspecified atom stereocenters. The minimum Gasteiger partial charge on any atom is -0.481 e. The fourth-order valence-electron chi connectivity index (χ4n) is 1.45. The van der Waals surface area contributed by atoms with Gasteiger partial charge in [-0.1, -0.05) is 6.92 Å². The van der Waals surface area contributed by atoms with Gasteiger partial charge < -0.3 is 5.11 Å². The molecule has 0 aromatic carbocycles. The van der Waals surface area contributed by atoms with Gasteiger partial charge in [-0.25, -0.2) is 4.79 Å². The lowest BCUT2D eigenvalue weighted by Crippen LogP contribution is -2.37. The van der Waals surface area contributed by atoms with Crippen LogP contribution in [-0.2, 0) is 24.6 Å². The van der Waals surface area contributed by atoms with E-state index in [9.17, 15) is 14.4 Å². The molecule has 0 saturated heterocycles. The molecule has 0 radical (unpaired) electrons. The predicted molar refractivity (Wildman–Crippen MR) is 69.9 cm³/mol. The lowest BCUT2D eigenvalue weighted by Gasteiger charge is -2.11. The standard InChI is InChI=1S/C11H16N2O4S/c1-7(4-10(15)16)18-6-8-5-9(14)13(3)11(17)12(8)2/h5,7H,4,6H2,1-3H3,(H,15,16). The minimum atomic E-state index is -0.854. The van der Waals surface area contributed by atoms with Crippen molar-refractivity contribution in [2.24, 2.45) is 14.1 Å². The normalized spacial score (nSPS) is 12.4. The van der Waals surface area contributed by atoms with Crippen LogP contribution in [0.1, 0.15) is 19.0 Å². The highest BCUT2D eigenvalue weighted by Crippen LogP contribution is 2.18. The van der Waals surface area contributed by atoms with Crippen LogP contribution in [0.25, 0.3) is 0 Å². The van der Waals surface area contributed by atoms with Crippen LogP contribution in [0.5, 0.6) is 0 Å². The lowest BCUT2D eigenvalue weighted by atomic mass is 10.3. The summed E-state index contributed by atoms with van der Waals surface area (Å²) in [7, 11) is 3.02. The first-order chi connectivity index (χ1) is 8.32. The molecule has 1 aromatic heterocycles. The largest absolute Gasteiger partial charge is 0.481 e. The number of aromatic nitrogens is 2. The van der Waals surface area contributed by atoms with E-state index in [4.69, 9.17) is 5.11 Å². The van der Waals surface area contributed by atoms with Crippen LogP contribution in [0.2, 0.25) is 0 Å². The van der Waals surface area contributed by atoms with E-state index >= 15 is 0 Å². The Balaban J connectivity index is 2.84. The third-order valence-electron chi connectivity index (χ3n) is 2.60. The molecule has 1 heterocycles. The summed E-state index contributed by atoms with van der Waals surface area (Å²) >= 11 is 1.41. The molecular formula is C11H16N2O4S. The molecule has 0 aliphatic rings. The van der Waals surface area contributed by atoms with Crippen molar-refractivity contribution >= 4 is 17.7 Å². The van der Waals surface area contributed by atoms with Gasteiger partial charge in [-0.15, -0.1) is 0 Å². The van der Waals surface area contributed by atoms with E-state index in [2.05, 4.69) is 0 Å². The fraction of sp³-hybridized carbons (Fsp3) is 0.545. The lowest BCUT2D eigenvalue weighted by molar-refractivity contribution is -0.136. The Kier molecular flexibility index (Phi) is 4.77. The molecule has 7 heteroatoms. The average molecular weight is 272 g/mol. The number of hydrogen-bond acceptors (Lipinski definition) is 4. The molecule has 0 amide bonds. The Morgan fingerprint density at radius 3 is 2.56 bits per heavy atom. The van der Waals surface area contributed by atoms with Crippen LogP contribution in [0.4, 0.5) is 0 Å². The van der Waals surface area contributed by atoms with Crippen LogP contribution >= 0.6 is 11.8 Å². The van der Waals surface area contributed by atoms with E-state index in [1.165, 1.54) is 29.4 Å². The number of rotatable bonds is 5. The Bertz CT molecular complexity index is 561. The molecule has 0 bridgehead atoms. The van der Waals surface area contributed by atoms with Crippen molar-refractivity contribution in [2.45, 2.75) is 24.3 Å². The second-order valence-electron chi connectivity index (χ2n) is 4.09. The molecule has 0 saturated carbocycles.